The van der Waals surface area contributed by atoms with Crippen LogP contribution in [0.25, 0.3) is 0 Å². The van der Waals surface area contributed by atoms with Gasteiger partial charge in [0, 0.05) is 22.6 Å². The number of rotatable bonds is 6. The van der Waals surface area contributed by atoms with E-state index in [-0.39, 0.29) is 10.6 Å². The van der Waals surface area contributed by atoms with Gasteiger partial charge in [0.25, 0.3) is 5.69 Å². The predicted molar refractivity (Wildman–Crippen MR) is 78.0 cm³/mol. The van der Waals surface area contributed by atoms with Gasteiger partial charge in [-0.05, 0) is 47.7 Å². The SMILES string of the molecule is CC(C)CCC(C)Nc1cc([N+](=O)[O-])ccc1Br. The minimum Gasteiger partial charge on any atom is -0.381 e. The van der Waals surface area contributed by atoms with E-state index in [1.807, 2.05) is 0 Å². The molecule has 100 valence electrons. The lowest BCUT2D eigenvalue weighted by Gasteiger charge is -2.17. The molecule has 1 unspecified atom stereocenters. The van der Waals surface area contributed by atoms with Crippen LogP contribution in [0.4, 0.5) is 11.4 Å². The molecule has 0 aliphatic carbocycles. The number of hydrogen-bond donors (Lipinski definition) is 1. The summed E-state index contributed by atoms with van der Waals surface area (Å²) >= 11 is 3.40. The van der Waals surface area contributed by atoms with Gasteiger partial charge >= 0.3 is 0 Å². The molecular formula is C13H19BrN2O2. The van der Waals surface area contributed by atoms with Gasteiger partial charge in [0.1, 0.15) is 0 Å². The summed E-state index contributed by atoms with van der Waals surface area (Å²) in [4.78, 5) is 10.3. The summed E-state index contributed by atoms with van der Waals surface area (Å²) in [7, 11) is 0. The quantitative estimate of drug-likeness (QED) is 0.617. The van der Waals surface area contributed by atoms with Gasteiger partial charge in [-0.2, -0.15) is 0 Å². The van der Waals surface area contributed by atoms with Crippen molar-refractivity contribution in [2.75, 3.05) is 5.32 Å². The number of non-ortho nitro benzene ring substituents is 1. The Kier molecular flexibility index (Phi) is 5.59. The van der Waals surface area contributed by atoms with Crippen LogP contribution < -0.4 is 5.32 Å². The van der Waals surface area contributed by atoms with Crippen LogP contribution in [0.2, 0.25) is 0 Å². The van der Waals surface area contributed by atoms with Crippen molar-refractivity contribution in [3.63, 3.8) is 0 Å². The first-order valence-electron chi connectivity index (χ1n) is 6.10. The second kappa shape index (κ2) is 6.73. The zero-order chi connectivity index (χ0) is 13.7. The van der Waals surface area contributed by atoms with Crippen molar-refractivity contribution in [2.45, 2.75) is 39.7 Å². The first kappa shape index (κ1) is 15.0. The standard InChI is InChI=1S/C13H19BrN2O2/c1-9(2)4-5-10(3)15-13-8-11(16(17)18)6-7-12(13)14/h6-10,15H,4-5H2,1-3H3. The molecule has 5 heteroatoms. The lowest BCUT2D eigenvalue weighted by Crippen LogP contribution is -2.16. The molecule has 0 saturated heterocycles. The average Bonchev–Trinajstić information content (AvgIpc) is 2.29. The number of nitro groups is 1. The maximum absolute atomic E-state index is 10.7. The Morgan fingerprint density at radius 1 is 1.33 bits per heavy atom. The smallest absolute Gasteiger partial charge is 0.271 e. The first-order chi connectivity index (χ1) is 8.40. The number of nitro benzene ring substituents is 1. The van der Waals surface area contributed by atoms with Gasteiger partial charge in [0.15, 0.2) is 0 Å². The molecule has 1 N–H and O–H groups in total. The maximum atomic E-state index is 10.7. The molecule has 1 aromatic rings. The minimum atomic E-state index is -0.379. The zero-order valence-corrected chi connectivity index (χ0v) is 12.5. The highest BCUT2D eigenvalue weighted by molar-refractivity contribution is 9.10. The van der Waals surface area contributed by atoms with E-state index in [0.717, 1.165) is 23.0 Å². The van der Waals surface area contributed by atoms with Gasteiger partial charge in [-0.25, -0.2) is 0 Å². The van der Waals surface area contributed by atoms with Gasteiger partial charge < -0.3 is 5.32 Å². The van der Waals surface area contributed by atoms with Crippen molar-refractivity contribution in [1.82, 2.24) is 0 Å². The Labute approximate surface area is 116 Å². The van der Waals surface area contributed by atoms with Crippen LogP contribution in [0.5, 0.6) is 0 Å². The fourth-order valence-corrected chi connectivity index (χ4v) is 2.02. The highest BCUT2D eigenvalue weighted by atomic mass is 79.9. The molecule has 0 aliphatic rings. The zero-order valence-electron chi connectivity index (χ0n) is 10.9. The van der Waals surface area contributed by atoms with Crippen LogP contribution in [0, 0.1) is 16.0 Å². The molecule has 0 fully saturated rings. The molecule has 1 rings (SSSR count). The number of nitrogens with zero attached hydrogens (tertiary/aromatic N) is 1. The van der Waals surface area contributed by atoms with Crippen LogP contribution in [0.15, 0.2) is 22.7 Å². The Balaban J connectivity index is 2.71. The number of halogens is 1. The molecule has 0 spiro atoms. The van der Waals surface area contributed by atoms with Gasteiger partial charge in [-0.15, -0.1) is 0 Å². The van der Waals surface area contributed by atoms with E-state index >= 15 is 0 Å². The van der Waals surface area contributed by atoms with Gasteiger partial charge in [-0.1, -0.05) is 13.8 Å². The third-order valence-electron chi connectivity index (χ3n) is 2.74. The average molecular weight is 315 g/mol. The summed E-state index contributed by atoms with van der Waals surface area (Å²) in [6.07, 6.45) is 2.19. The van der Waals surface area contributed by atoms with E-state index in [9.17, 15) is 10.1 Å². The first-order valence-corrected chi connectivity index (χ1v) is 6.90. The molecular weight excluding hydrogens is 296 g/mol. The van der Waals surface area contributed by atoms with Crippen molar-refractivity contribution < 1.29 is 4.92 Å². The normalized spacial score (nSPS) is 12.5. The van der Waals surface area contributed by atoms with E-state index in [4.69, 9.17) is 0 Å². The summed E-state index contributed by atoms with van der Waals surface area (Å²) < 4.78 is 0.851. The Hall–Kier alpha value is -1.10. The third-order valence-corrected chi connectivity index (χ3v) is 3.43. The van der Waals surface area contributed by atoms with Crippen LogP contribution >= 0.6 is 15.9 Å². The number of hydrogen-bond acceptors (Lipinski definition) is 3. The van der Waals surface area contributed by atoms with Crippen molar-refractivity contribution in [3.05, 3.63) is 32.8 Å². The molecule has 0 aromatic heterocycles. The van der Waals surface area contributed by atoms with Crippen molar-refractivity contribution >= 4 is 27.3 Å². The van der Waals surface area contributed by atoms with Gasteiger partial charge in [0.05, 0.1) is 10.6 Å². The fraction of sp³-hybridized carbons (Fsp3) is 0.538. The highest BCUT2D eigenvalue weighted by Gasteiger charge is 2.11. The molecule has 0 saturated carbocycles. The number of benzene rings is 1. The van der Waals surface area contributed by atoms with Gasteiger partial charge in [-0.3, -0.25) is 10.1 Å². The molecule has 18 heavy (non-hydrogen) atoms. The van der Waals surface area contributed by atoms with E-state index in [0.29, 0.717) is 12.0 Å². The maximum Gasteiger partial charge on any atom is 0.271 e. The summed E-state index contributed by atoms with van der Waals surface area (Å²) in [6.45, 7) is 6.47. The summed E-state index contributed by atoms with van der Waals surface area (Å²) in [6, 6.07) is 5.06. The Bertz CT molecular complexity index is 421. The van der Waals surface area contributed by atoms with E-state index in [1.54, 1.807) is 12.1 Å². The predicted octanol–water partition coefficient (Wildman–Crippen LogP) is 4.59. The van der Waals surface area contributed by atoms with E-state index < -0.39 is 0 Å². The molecule has 1 atom stereocenters. The Morgan fingerprint density at radius 2 is 2.00 bits per heavy atom. The lowest BCUT2D eigenvalue weighted by molar-refractivity contribution is -0.384. The Morgan fingerprint density at radius 3 is 2.56 bits per heavy atom. The molecule has 0 bridgehead atoms. The molecule has 4 nitrogen and oxygen atoms in total. The van der Waals surface area contributed by atoms with Crippen LogP contribution in [-0.2, 0) is 0 Å². The monoisotopic (exact) mass is 314 g/mol. The van der Waals surface area contributed by atoms with Crippen molar-refractivity contribution in [1.29, 1.82) is 0 Å². The number of nitrogens with one attached hydrogen (secondary N) is 1. The lowest BCUT2D eigenvalue weighted by atomic mass is 10.0. The molecule has 0 radical (unpaired) electrons. The van der Waals surface area contributed by atoms with Crippen LogP contribution in [0.1, 0.15) is 33.6 Å². The summed E-state index contributed by atoms with van der Waals surface area (Å²) in [5.41, 5.74) is 0.886. The van der Waals surface area contributed by atoms with Crippen LogP contribution in [0.3, 0.4) is 0 Å². The highest BCUT2D eigenvalue weighted by Crippen LogP contribution is 2.28. The van der Waals surface area contributed by atoms with Crippen LogP contribution in [-0.4, -0.2) is 11.0 Å². The largest absolute Gasteiger partial charge is 0.381 e. The molecule has 0 aliphatic heterocycles. The van der Waals surface area contributed by atoms with Gasteiger partial charge in [0.2, 0.25) is 0 Å². The fourth-order valence-electron chi connectivity index (χ4n) is 1.66. The molecule has 1 aromatic carbocycles. The summed E-state index contributed by atoms with van der Waals surface area (Å²) in [5.74, 6) is 0.669. The number of anilines is 1. The second-order valence-electron chi connectivity index (χ2n) is 4.94. The second-order valence-corrected chi connectivity index (χ2v) is 5.79. The topological polar surface area (TPSA) is 55.2 Å². The van der Waals surface area contributed by atoms with E-state index in [1.165, 1.54) is 6.07 Å². The molecule has 0 heterocycles. The summed E-state index contributed by atoms with van der Waals surface area (Å²) in [5, 5.41) is 14.0. The third kappa shape index (κ3) is 4.64. The minimum absolute atomic E-state index is 0.108. The van der Waals surface area contributed by atoms with E-state index in [2.05, 4.69) is 42.0 Å². The molecule has 0 amide bonds. The van der Waals surface area contributed by atoms with Crippen molar-refractivity contribution in [2.24, 2.45) is 5.92 Å². The van der Waals surface area contributed by atoms with Crippen molar-refractivity contribution in [3.8, 4) is 0 Å².